The molecule has 0 bridgehead atoms. The minimum Gasteiger partial charge on any atom is -0.360 e. The van der Waals surface area contributed by atoms with Crippen molar-refractivity contribution in [2.45, 2.75) is 6.92 Å². The Morgan fingerprint density at radius 1 is 1.14 bits per heavy atom. The van der Waals surface area contributed by atoms with Gasteiger partial charge in [0.25, 0.3) is 11.5 Å². The summed E-state index contributed by atoms with van der Waals surface area (Å²) in [6.07, 6.45) is 2.95. The molecular weight excluding hydrogens is 358 g/mol. The van der Waals surface area contributed by atoms with Crippen LogP contribution in [0.3, 0.4) is 0 Å². The molecule has 0 atom stereocenters. The number of nitrogens with zero attached hydrogens (tertiary/aromatic N) is 3. The second kappa shape index (κ2) is 7.15. The van der Waals surface area contributed by atoms with Crippen molar-refractivity contribution in [3.05, 3.63) is 70.3 Å². The molecule has 8 heteroatoms. The molecule has 0 saturated carbocycles. The first-order valence-electron chi connectivity index (χ1n) is 8.92. The van der Waals surface area contributed by atoms with Gasteiger partial charge in [-0.15, -0.1) is 0 Å². The molecule has 0 aliphatic carbocycles. The van der Waals surface area contributed by atoms with E-state index in [1.54, 1.807) is 24.4 Å². The smallest absolute Gasteiger partial charge is 0.270 e. The van der Waals surface area contributed by atoms with Gasteiger partial charge in [0.2, 0.25) is 5.91 Å². The second-order valence-electron chi connectivity index (χ2n) is 6.68. The van der Waals surface area contributed by atoms with Crippen molar-refractivity contribution in [3.8, 4) is 0 Å². The van der Waals surface area contributed by atoms with Crippen LogP contribution in [0.1, 0.15) is 15.9 Å². The highest BCUT2D eigenvalue weighted by Gasteiger charge is 2.17. The highest BCUT2D eigenvalue weighted by Crippen LogP contribution is 2.19. The monoisotopic (exact) mass is 377 g/mol. The Balaban J connectivity index is 1.54. The Bertz CT molecular complexity index is 1120. The van der Waals surface area contributed by atoms with Gasteiger partial charge in [-0.3, -0.25) is 18.8 Å². The van der Waals surface area contributed by atoms with E-state index in [0.717, 1.165) is 17.8 Å². The molecule has 1 fully saturated rings. The number of rotatable bonds is 3. The minimum absolute atomic E-state index is 0.0110. The number of anilines is 2. The lowest BCUT2D eigenvalue weighted by atomic mass is 10.2. The average Bonchev–Trinajstić information content (AvgIpc) is 2.69. The maximum absolute atomic E-state index is 12.6. The average molecular weight is 377 g/mol. The van der Waals surface area contributed by atoms with Crippen LogP contribution < -0.4 is 21.1 Å². The molecule has 1 saturated heterocycles. The van der Waals surface area contributed by atoms with Crippen molar-refractivity contribution in [3.63, 3.8) is 0 Å². The zero-order valence-electron chi connectivity index (χ0n) is 15.3. The molecule has 0 unspecified atom stereocenters. The third kappa shape index (κ3) is 3.44. The predicted molar refractivity (Wildman–Crippen MR) is 106 cm³/mol. The number of benzene rings is 1. The number of carbonyl (C=O) groups is 2. The van der Waals surface area contributed by atoms with Crippen LogP contribution in [0, 0.1) is 6.92 Å². The SMILES string of the molecule is Cc1ccc2ncc(C(=O)Nc3ccc(N4CCNC(=O)C4)cc3)c(=O)n2c1. The summed E-state index contributed by atoms with van der Waals surface area (Å²) in [5.41, 5.74) is 2.40. The summed E-state index contributed by atoms with van der Waals surface area (Å²) in [6.45, 7) is 3.52. The summed E-state index contributed by atoms with van der Waals surface area (Å²) in [5, 5.41) is 5.51. The van der Waals surface area contributed by atoms with Crippen LogP contribution in [-0.2, 0) is 4.79 Å². The Hall–Kier alpha value is -3.68. The van der Waals surface area contributed by atoms with Crippen molar-refractivity contribution in [2.24, 2.45) is 0 Å². The fourth-order valence-corrected chi connectivity index (χ4v) is 3.15. The number of nitrogens with one attached hydrogen (secondary N) is 2. The number of hydrogen-bond donors (Lipinski definition) is 2. The van der Waals surface area contributed by atoms with E-state index in [9.17, 15) is 14.4 Å². The van der Waals surface area contributed by atoms with E-state index in [4.69, 9.17) is 0 Å². The zero-order chi connectivity index (χ0) is 19.7. The van der Waals surface area contributed by atoms with E-state index < -0.39 is 11.5 Å². The summed E-state index contributed by atoms with van der Waals surface area (Å²) in [7, 11) is 0. The predicted octanol–water partition coefficient (Wildman–Crippen LogP) is 1.19. The quantitative estimate of drug-likeness (QED) is 0.715. The van der Waals surface area contributed by atoms with E-state index in [-0.39, 0.29) is 11.5 Å². The van der Waals surface area contributed by atoms with Gasteiger partial charge in [-0.25, -0.2) is 4.98 Å². The molecular formula is C20H19N5O3. The van der Waals surface area contributed by atoms with Crippen LogP contribution in [0.5, 0.6) is 0 Å². The van der Waals surface area contributed by atoms with E-state index in [0.29, 0.717) is 24.4 Å². The third-order valence-electron chi connectivity index (χ3n) is 4.62. The molecule has 3 aromatic rings. The highest BCUT2D eigenvalue weighted by atomic mass is 16.2. The molecule has 1 aromatic carbocycles. The van der Waals surface area contributed by atoms with Crippen molar-refractivity contribution in [1.82, 2.24) is 14.7 Å². The molecule has 1 aliphatic rings. The third-order valence-corrected chi connectivity index (χ3v) is 4.62. The molecule has 0 radical (unpaired) electrons. The number of carbonyl (C=O) groups excluding carboxylic acids is 2. The van der Waals surface area contributed by atoms with Gasteiger partial charge in [-0.1, -0.05) is 6.07 Å². The summed E-state index contributed by atoms with van der Waals surface area (Å²) in [4.78, 5) is 42.9. The Kier molecular flexibility index (Phi) is 4.52. The van der Waals surface area contributed by atoms with E-state index in [1.165, 1.54) is 10.6 Å². The first-order valence-corrected chi connectivity index (χ1v) is 8.92. The lowest BCUT2D eigenvalue weighted by molar-refractivity contribution is -0.120. The van der Waals surface area contributed by atoms with Gasteiger partial charge in [0.1, 0.15) is 11.2 Å². The number of pyridine rings is 1. The number of fused-ring (bicyclic) bond motifs is 1. The Morgan fingerprint density at radius 3 is 2.68 bits per heavy atom. The van der Waals surface area contributed by atoms with Crippen LogP contribution in [0.15, 0.2) is 53.6 Å². The number of piperazine rings is 1. The summed E-state index contributed by atoms with van der Waals surface area (Å²) in [5.74, 6) is -0.526. The number of hydrogen-bond acceptors (Lipinski definition) is 5. The molecule has 2 amide bonds. The van der Waals surface area contributed by atoms with Gasteiger partial charge >= 0.3 is 0 Å². The van der Waals surface area contributed by atoms with Gasteiger partial charge in [0, 0.05) is 36.9 Å². The molecule has 2 aromatic heterocycles. The number of amides is 2. The first-order chi connectivity index (χ1) is 13.5. The van der Waals surface area contributed by atoms with Gasteiger partial charge in [0.05, 0.1) is 6.54 Å². The zero-order valence-corrected chi connectivity index (χ0v) is 15.3. The summed E-state index contributed by atoms with van der Waals surface area (Å²) < 4.78 is 1.37. The van der Waals surface area contributed by atoms with Gasteiger partial charge < -0.3 is 15.5 Å². The number of aryl methyl sites for hydroxylation is 1. The summed E-state index contributed by atoms with van der Waals surface area (Å²) >= 11 is 0. The first kappa shape index (κ1) is 17.7. The van der Waals surface area contributed by atoms with Crippen LogP contribution in [0.2, 0.25) is 0 Å². The van der Waals surface area contributed by atoms with Crippen molar-refractivity contribution < 1.29 is 9.59 Å². The van der Waals surface area contributed by atoms with Crippen LogP contribution in [-0.4, -0.2) is 40.8 Å². The van der Waals surface area contributed by atoms with Gasteiger partial charge in [0.15, 0.2) is 0 Å². The van der Waals surface area contributed by atoms with Gasteiger partial charge in [-0.05, 0) is 42.8 Å². The van der Waals surface area contributed by atoms with E-state index >= 15 is 0 Å². The topological polar surface area (TPSA) is 95.8 Å². The largest absolute Gasteiger partial charge is 0.360 e. The lowest BCUT2D eigenvalue weighted by Crippen LogP contribution is -2.47. The standard InChI is InChI=1S/C20H19N5O3/c1-13-2-7-17-22-10-16(20(28)25(17)11-13)19(27)23-14-3-5-15(6-4-14)24-9-8-21-18(26)12-24/h2-7,10-11H,8-9,12H2,1H3,(H,21,26)(H,23,27). The van der Waals surface area contributed by atoms with Crippen LogP contribution in [0.25, 0.3) is 5.65 Å². The van der Waals surface area contributed by atoms with Crippen LogP contribution >= 0.6 is 0 Å². The fourth-order valence-electron chi connectivity index (χ4n) is 3.15. The number of aromatic nitrogens is 2. The maximum atomic E-state index is 12.6. The maximum Gasteiger partial charge on any atom is 0.270 e. The Morgan fingerprint density at radius 2 is 1.93 bits per heavy atom. The molecule has 142 valence electrons. The molecule has 28 heavy (non-hydrogen) atoms. The fraction of sp³-hybridized carbons (Fsp3) is 0.200. The lowest BCUT2D eigenvalue weighted by Gasteiger charge is -2.28. The van der Waals surface area contributed by atoms with Crippen molar-refractivity contribution in [1.29, 1.82) is 0 Å². The highest BCUT2D eigenvalue weighted by molar-refractivity contribution is 6.04. The van der Waals surface area contributed by atoms with E-state index in [1.807, 2.05) is 30.0 Å². The molecule has 0 spiro atoms. The Labute approximate surface area is 160 Å². The minimum atomic E-state index is -0.515. The van der Waals surface area contributed by atoms with Gasteiger partial charge in [-0.2, -0.15) is 0 Å². The normalized spacial score (nSPS) is 14.0. The van der Waals surface area contributed by atoms with Crippen LogP contribution in [0.4, 0.5) is 11.4 Å². The van der Waals surface area contributed by atoms with Crippen molar-refractivity contribution >= 4 is 28.8 Å². The molecule has 4 rings (SSSR count). The molecule has 1 aliphatic heterocycles. The second-order valence-corrected chi connectivity index (χ2v) is 6.68. The van der Waals surface area contributed by atoms with E-state index in [2.05, 4.69) is 15.6 Å². The molecule has 8 nitrogen and oxygen atoms in total. The summed E-state index contributed by atoms with van der Waals surface area (Å²) in [6, 6.07) is 10.8. The molecule has 3 heterocycles. The van der Waals surface area contributed by atoms with Crippen molar-refractivity contribution in [2.75, 3.05) is 29.9 Å². The molecule has 2 N–H and O–H groups in total.